The zero-order valence-electron chi connectivity index (χ0n) is 12.3. The van der Waals surface area contributed by atoms with Crippen LogP contribution >= 0.6 is 0 Å². The van der Waals surface area contributed by atoms with Crippen LogP contribution in [0, 0.1) is 5.41 Å². The molecule has 1 aliphatic rings. The van der Waals surface area contributed by atoms with Gasteiger partial charge in [0.1, 0.15) is 0 Å². The van der Waals surface area contributed by atoms with Crippen LogP contribution in [0.1, 0.15) is 38.2 Å². The van der Waals surface area contributed by atoms with Crippen molar-refractivity contribution >= 4 is 0 Å². The highest BCUT2D eigenvalue weighted by Gasteiger charge is 2.33. The molecule has 1 N–H and O–H groups in total. The van der Waals surface area contributed by atoms with Gasteiger partial charge in [-0.1, -0.05) is 13.3 Å². The van der Waals surface area contributed by atoms with Gasteiger partial charge < -0.3 is 10.0 Å². The third kappa shape index (κ3) is 3.80. The highest BCUT2D eigenvalue weighted by atomic mass is 16.3. The van der Waals surface area contributed by atoms with Gasteiger partial charge in [-0.3, -0.25) is 4.68 Å². The second kappa shape index (κ2) is 6.53. The molecule has 4 nitrogen and oxygen atoms in total. The van der Waals surface area contributed by atoms with Crippen molar-refractivity contribution in [2.75, 3.05) is 26.2 Å². The number of hydrogen-bond donors (Lipinski definition) is 1. The molecule has 0 spiro atoms. The van der Waals surface area contributed by atoms with E-state index in [0.29, 0.717) is 6.61 Å². The first-order valence-corrected chi connectivity index (χ1v) is 7.48. The first-order chi connectivity index (χ1) is 9.17. The number of aliphatic hydroxyl groups is 1. The Morgan fingerprint density at radius 1 is 1.47 bits per heavy atom. The first kappa shape index (κ1) is 14.5. The van der Waals surface area contributed by atoms with Crippen LogP contribution in [0.5, 0.6) is 0 Å². The fourth-order valence-corrected chi connectivity index (χ4v) is 3.33. The highest BCUT2D eigenvalue weighted by molar-refractivity contribution is 5.04. The van der Waals surface area contributed by atoms with Crippen LogP contribution < -0.4 is 0 Å². The van der Waals surface area contributed by atoms with E-state index >= 15 is 0 Å². The molecule has 1 aromatic rings. The van der Waals surface area contributed by atoms with E-state index in [1.165, 1.54) is 24.9 Å². The Morgan fingerprint density at radius 2 is 2.32 bits per heavy atom. The lowest BCUT2D eigenvalue weighted by Gasteiger charge is -2.42. The molecule has 108 valence electrons. The fourth-order valence-electron chi connectivity index (χ4n) is 3.33. The van der Waals surface area contributed by atoms with Crippen molar-refractivity contribution in [1.82, 2.24) is 14.7 Å². The van der Waals surface area contributed by atoms with Gasteiger partial charge >= 0.3 is 0 Å². The number of hydrogen-bond acceptors (Lipinski definition) is 3. The molecule has 2 heterocycles. The van der Waals surface area contributed by atoms with Crippen LogP contribution in [0.4, 0.5) is 0 Å². The molecule has 0 amide bonds. The van der Waals surface area contributed by atoms with Gasteiger partial charge in [-0.2, -0.15) is 5.10 Å². The van der Waals surface area contributed by atoms with Crippen LogP contribution in [0.2, 0.25) is 0 Å². The maximum atomic E-state index is 9.74. The van der Waals surface area contributed by atoms with Crippen LogP contribution in [0.3, 0.4) is 0 Å². The average Bonchev–Trinajstić information content (AvgIpc) is 2.83. The summed E-state index contributed by atoms with van der Waals surface area (Å²) < 4.78 is 1.86. The molecule has 0 radical (unpaired) electrons. The molecule has 1 fully saturated rings. The summed E-state index contributed by atoms with van der Waals surface area (Å²) in [7, 11) is 1.96. The number of rotatable bonds is 6. The molecule has 0 bridgehead atoms. The van der Waals surface area contributed by atoms with Crippen molar-refractivity contribution in [3.63, 3.8) is 0 Å². The predicted molar refractivity (Wildman–Crippen MR) is 77.0 cm³/mol. The number of piperidine rings is 1. The first-order valence-electron chi connectivity index (χ1n) is 7.48. The highest BCUT2D eigenvalue weighted by Crippen LogP contribution is 2.34. The van der Waals surface area contributed by atoms with Crippen molar-refractivity contribution < 1.29 is 5.11 Å². The number of aryl methyl sites for hydroxylation is 1. The van der Waals surface area contributed by atoms with Gasteiger partial charge in [-0.05, 0) is 37.8 Å². The summed E-state index contributed by atoms with van der Waals surface area (Å²) in [5.41, 5.74) is 1.46. The Kier molecular flexibility index (Phi) is 4.99. The Morgan fingerprint density at radius 3 is 2.95 bits per heavy atom. The lowest BCUT2D eigenvalue weighted by Crippen LogP contribution is -2.45. The SMILES string of the molecule is CCC[C@@]1(CO)CCCN(CCc2cnn(C)c2)C1. The van der Waals surface area contributed by atoms with Gasteiger partial charge in [-0.15, -0.1) is 0 Å². The summed E-state index contributed by atoms with van der Waals surface area (Å²) in [6.45, 7) is 5.86. The minimum absolute atomic E-state index is 0.155. The van der Waals surface area contributed by atoms with Crippen LogP contribution in [-0.2, 0) is 13.5 Å². The monoisotopic (exact) mass is 265 g/mol. The molecular formula is C15H27N3O. The third-order valence-electron chi connectivity index (χ3n) is 4.33. The number of nitrogens with zero attached hydrogens (tertiary/aromatic N) is 3. The molecule has 0 saturated carbocycles. The largest absolute Gasteiger partial charge is 0.396 e. The normalized spacial score (nSPS) is 24.8. The molecule has 0 unspecified atom stereocenters. The molecular weight excluding hydrogens is 238 g/mol. The van der Waals surface area contributed by atoms with Gasteiger partial charge in [0.25, 0.3) is 0 Å². The Bertz CT molecular complexity index is 386. The fraction of sp³-hybridized carbons (Fsp3) is 0.800. The van der Waals surface area contributed by atoms with Gasteiger partial charge in [0.2, 0.25) is 0 Å². The van der Waals surface area contributed by atoms with Crippen molar-refractivity contribution in [1.29, 1.82) is 0 Å². The molecule has 0 aliphatic carbocycles. The van der Waals surface area contributed by atoms with Gasteiger partial charge in [0.15, 0.2) is 0 Å². The van der Waals surface area contributed by atoms with E-state index in [9.17, 15) is 5.11 Å². The zero-order chi connectivity index (χ0) is 13.7. The molecule has 1 aromatic heterocycles. The van der Waals surface area contributed by atoms with E-state index < -0.39 is 0 Å². The zero-order valence-corrected chi connectivity index (χ0v) is 12.3. The van der Waals surface area contributed by atoms with Crippen molar-refractivity contribution in [2.45, 2.75) is 39.0 Å². The predicted octanol–water partition coefficient (Wildman–Crippen LogP) is 1.84. The number of aromatic nitrogens is 2. The maximum absolute atomic E-state index is 9.74. The maximum Gasteiger partial charge on any atom is 0.0522 e. The summed E-state index contributed by atoms with van der Waals surface area (Å²) in [6, 6.07) is 0. The third-order valence-corrected chi connectivity index (χ3v) is 4.33. The van der Waals surface area contributed by atoms with Gasteiger partial charge in [0, 0.05) is 38.4 Å². The molecule has 4 heteroatoms. The van der Waals surface area contributed by atoms with E-state index in [2.05, 4.69) is 23.1 Å². The second-order valence-electron chi connectivity index (χ2n) is 6.06. The lowest BCUT2D eigenvalue weighted by molar-refractivity contribution is 0.0255. The standard InChI is InChI=1S/C15H27N3O/c1-3-6-15(13-19)7-4-8-18(12-15)9-5-14-10-16-17(2)11-14/h10-11,19H,3-9,12-13H2,1-2H3/t15-/m1/s1. The Labute approximate surface area is 116 Å². The number of likely N-dealkylation sites (tertiary alicyclic amines) is 1. The molecule has 19 heavy (non-hydrogen) atoms. The molecule has 1 saturated heterocycles. The Balaban J connectivity index is 1.86. The van der Waals surface area contributed by atoms with Crippen molar-refractivity contribution in [3.05, 3.63) is 18.0 Å². The smallest absolute Gasteiger partial charge is 0.0522 e. The van der Waals surface area contributed by atoms with E-state index in [1.807, 2.05) is 17.9 Å². The summed E-state index contributed by atoms with van der Waals surface area (Å²) in [4.78, 5) is 2.52. The molecule has 1 atom stereocenters. The molecule has 1 aliphatic heterocycles. The quantitative estimate of drug-likeness (QED) is 0.853. The van der Waals surface area contributed by atoms with Crippen molar-refractivity contribution in [3.8, 4) is 0 Å². The van der Waals surface area contributed by atoms with Crippen LogP contribution in [0.25, 0.3) is 0 Å². The minimum atomic E-state index is 0.155. The van der Waals surface area contributed by atoms with Crippen LogP contribution in [0.15, 0.2) is 12.4 Å². The summed E-state index contributed by atoms with van der Waals surface area (Å²) in [6.07, 6.45) is 9.81. The van der Waals surface area contributed by atoms with Gasteiger partial charge in [0.05, 0.1) is 6.20 Å². The van der Waals surface area contributed by atoms with E-state index in [-0.39, 0.29) is 5.41 Å². The lowest BCUT2D eigenvalue weighted by atomic mass is 9.77. The number of aliphatic hydroxyl groups excluding tert-OH is 1. The van der Waals surface area contributed by atoms with E-state index in [0.717, 1.165) is 32.4 Å². The molecule has 0 aromatic carbocycles. The topological polar surface area (TPSA) is 41.3 Å². The van der Waals surface area contributed by atoms with Crippen LogP contribution in [-0.4, -0.2) is 46.0 Å². The summed E-state index contributed by atoms with van der Waals surface area (Å²) in [5.74, 6) is 0. The van der Waals surface area contributed by atoms with E-state index in [4.69, 9.17) is 0 Å². The van der Waals surface area contributed by atoms with E-state index in [1.54, 1.807) is 0 Å². The Hall–Kier alpha value is -0.870. The van der Waals surface area contributed by atoms with Crippen molar-refractivity contribution in [2.24, 2.45) is 12.5 Å². The minimum Gasteiger partial charge on any atom is -0.396 e. The average molecular weight is 265 g/mol. The van der Waals surface area contributed by atoms with Gasteiger partial charge in [-0.25, -0.2) is 0 Å². The second-order valence-corrected chi connectivity index (χ2v) is 6.06. The summed E-state index contributed by atoms with van der Waals surface area (Å²) in [5, 5.41) is 14.0. The summed E-state index contributed by atoms with van der Waals surface area (Å²) >= 11 is 0. The molecule has 2 rings (SSSR count).